The molecule has 0 aromatic heterocycles. The Morgan fingerprint density at radius 2 is 1.75 bits per heavy atom. The van der Waals surface area contributed by atoms with Crippen molar-refractivity contribution in [3.05, 3.63) is 0 Å². The molecule has 3 aliphatic heterocycles. The molecule has 2 bridgehead atoms. The molecule has 3 heteroatoms. The first-order valence-electron chi connectivity index (χ1n) is 6.89. The van der Waals surface area contributed by atoms with Gasteiger partial charge in [0.25, 0.3) is 0 Å². The molecule has 0 saturated carbocycles. The van der Waals surface area contributed by atoms with E-state index in [0.717, 1.165) is 26.1 Å². The molecule has 0 aliphatic carbocycles. The molecule has 0 radical (unpaired) electrons. The second-order valence-electron chi connectivity index (χ2n) is 5.39. The van der Waals surface area contributed by atoms with E-state index in [2.05, 4.69) is 23.6 Å². The molecule has 0 aromatic rings. The van der Waals surface area contributed by atoms with Gasteiger partial charge in [-0.2, -0.15) is 0 Å². The Kier molecular flexibility index (Phi) is 4.22. The third-order valence-electron chi connectivity index (χ3n) is 4.49. The Balaban J connectivity index is 1.87. The van der Waals surface area contributed by atoms with Gasteiger partial charge in [-0.05, 0) is 12.3 Å². The molecule has 0 amide bonds. The van der Waals surface area contributed by atoms with Gasteiger partial charge in [0.05, 0.1) is 6.10 Å². The molecule has 1 N–H and O–H groups in total. The third-order valence-corrected chi connectivity index (χ3v) is 4.49. The Hall–Kier alpha value is -0.120. The summed E-state index contributed by atoms with van der Waals surface area (Å²) in [6.45, 7) is 10.3. The molecule has 3 saturated heterocycles. The van der Waals surface area contributed by atoms with Crippen LogP contribution in [0, 0.1) is 5.92 Å². The number of rotatable bonds is 5. The standard InChI is InChI=1S/C13H26N2O/c1-3-11(4-2)9-13(16)12-10-14-5-7-15(12)8-6-14/h11-13,16H,3-10H2,1-2H3. The molecule has 0 aromatic carbocycles. The van der Waals surface area contributed by atoms with Gasteiger partial charge < -0.3 is 5.11 Å². The number of nitrogens with zero attached hydrogens (tertiary/aromatic N) is 2. The zero-order valence-electron chi connectivity index (χ0n) is 10.7. The largest absolute Gasteiger partial charge is 0.391 e. The highest BCUT2D eigenvalue weighted by Crippen LogP contribution is 2.23. The van der Waals surface area contributed by atoms with Crippen molar-refractivity contribution in [2.45, 2.75) is 45.3 Å². The number of hydrogen-bond acceptors (Lipinski definition) is 3. The molecule has 3 aliphatic rings. The summed E-state index contributed by atoms with van der Waals surface area (Å²) in [4.78, 5) is 4.99. The first kappa shape index (κ1) is 12.3. The van der Waals surface area contributed by atoms with Crippen LogP contribution in [-0.2, 0) is 0 Å². The fourth-order valence-electron chi connectivity index (χ4n) is 3.14. The van der Waals surface area contributed by atoms with Crippen LogP contribution in [-0.4, -0.2) is 59.8 Å². The maximum atomic E-state index is 10.4. The van der Waals surface area contributed by atoms with Gasteiger partial charge >= 0.3 is 0 Å². The van der Waals surface area contributed by atoms with Gasteiger partial charge in [0.2, 0.25) is 0 Å². The normalized spacial score (nSPS) is 35.6. The highest BCUT2D eigenvalue weighted by Gasteiger charge is 2.36. The van der Waals surface area contributed by atoms with E-state index in [1.165, 1.54) is 25.9 Å². The second-order valence-corrected chi connectivity index (χ2v) is 5.39. The SMILES string of the molecule is CCC(CC)CC(O)C1CN2CCN1CC2. The van der Waals surface area contributed by atoms with Crippen LogP contribution in [0.2, 0.25) is 0 Å². The minimum atomic E-state index is -0.118. The van der Waals surface area contributed by atoms with Crippen molar-refractivity contribution in [3.8, 4) is 0 Å². The predicted octanol–water partition coefficient (Wildman–Crippen LogP) is 1.17. The first-order valence-corrected chi connectivity index (χ1v) is 6.89. The van der Waals surface area contributed by atoms with E-state index >= 15 is 0 Å². The second kappa shape index (κ2) is 5.48. The van der Waals surface area contributed by atoms with Gasteiger partial charge in [0.1, 0.15) is 0 Å². The fourth-order valence-corrected chi connectivity index (χ4v) is 3.14. The molecule has 3 heterocycles. The Morgan fingerprint density at radius 3 is 2.19 bits per heavy atom. The van der Waals surface area contributed by atoms with E-state index in [0.29, 0.717) is 12.0 Å². The topological polar surface area (TPSA) is 26.7 Å². The monoisotopic (exact) mass is 226 g/mol. The van der Waals surface area contributed by atoms with Crippen LogP contribution >= 0.6 is 0 Å². The first-order chi connectivity index (χ1) is 7.74. The number of aliphatic hydroxyl groups excluding tert-OH is 1. The molecular formula is C13H26N2O. The number of fused-ring (bicyclic) bond motifs is 3. The van der Waals surface area contributed by atoms with E-state index < -0.39 is 0 Å². The van der Waals surface area contributed by atoms with Crippen LogP contribution in [0.1, 0.15) is 33.1 Å². The molecular weight excluding hydrogens is 200 g/mol. The minimum Gasteiger partial charge on any atom is -0.391 e. The molecule has 3 nitrogen and oxygen atoms in total. The molecule has 0 spiro atoms. The maximum absolute atomic E-state index is 10.4. The van der Waals surface area contributed by atoms with Crippen molar-refractivity contribution in [2.24, 2.45) is 5.92 Å². The molecule has 3 fully saturated rings. The Labute approximate surface area is 99.4 Å². The van der Waals surface area contributed by atoms with Crippen molar-refractivity contribution >= 4 is 0 Å². The lowest BCUT2D eigenvalue weighted by Gasteiger charge is -2.49. The summed E-state index contributed by atoms with van der Waals surface area (Å²) in [7, 11) is 0. The molecule has 2 atom stereocenters. The summed E-state index contributed by atoms with van der Waals surface area (Å²) in [5, 5.41) is 10.4. The van der Waals surface area contributed by atoms with Crippen LogP contribution in [0.25, 0.3) is 0 Å². The molecule has 16 heavy (non-hydrogen) atoms. The smallest absolute Gasteiger partial charge is 0.0710 e. The lowest BCUT2D eigenvalue weighted by atomic mass is 9.90. The summed E-state index contributed by atoms with van der Waals surface area (Å²) in [5.41, 5.74) is 0. The summed E-state index contributed by atoms with van der Waals surface area (Å²) >= 11 is 0. The minimum absolute atomic E-state index is 0.118. The average Bonchev–Trinajstić information content (AvgIpc) is 2.37. The lowest BCUT2D eigenvalue weighted by molar-refractivity contribution is -0.0527. The fraction of sp³-hybridized carbons (Fsp3) is 1.00. The van der Waals surface area contributed by atoms with E-state index in [1.807, 2.05) is 0 Å². The van der Waals surface area contributed by atoms with Crippen molar-refractivity contribution in [2.75, 3.05) is 32.7 Å². The summed E-state index contributed by atoms with van der Waals surface area (Å²) in [5.74, 6) is 0.701. The summed E-state index contributed by atoms with van der Waals surface area (Å²) in [6, 6.07) is 0.406. The van der Waals surface area contributed by atoms with Crippen LogP contribution in [0.4, 0.5) is 0 Å². The maximum Gasteiger partial charge on any atom is 0.0710 e. The van der Waals surface area contributed by atoms with E-state index in [4.69, 9.17) is 0 Å². The lowest BCUT2D eigenvalue weighted by Crippen LogP contribution is -2.64. The highest BCUT2D eigenvalue weighted by atomic mass is 16.3. The van der Waals surface area contributed by atoms with Gasteiger partial charge in [-0.25, -0.2) is 0 Å². The molecule has 94 valence electrons. The van der Waals surface area contributed by atoms with Gasteiger partial charge in [-0.3, -0.25) is 9.80 Å². The van der Waals surface area contributed by atoms with Crippen molar-refractivity contribution in [3.63, 3.8) is 0 Å². The van der Waals surface area contributed by atoms with E-state index in [1.54, 1.807) is 0 Å². The Morgan fingerprint density at radius 1 is 1.12 bits per heavy atom. The molecule has 2 unspecified atom stereocenters. The summed E-state index contributed by atoms with van der Waals surface area (Å²) in [6.07, 6.45) is 3.27. The number of aliphatic hydroxyl groups is 1. The van der Waals surface area contributed by atoms with Crippen LogP contribution in [0.3, 0.4) is 0 Å². The zero-order valence-corrected chi connectivity index (χ0v) is 10.7. The zero-order chi connectivity index (χ0) is 11.5. The number of hydrogen-bond donors (Lipinski definition) is 1. The van der Waals surface area contributed by atoms with Crippen LogP contribution < -0.4 is 0 Å². The van der Waals surface area contributed by atoms with Crippen molar-refractivity contribution < 1.29 is 5.11 Å². The van der Waals surface area contributed by atoms with Gasteiger partial charge in [0, 0.05) is 38.8 Å². The van der Waals surface area contributed by atoms with Crippen LogP contribution in [0.15, 0.2) is 0 Å². The van der Waals surface area contributed by atoms with Crippen LogP contribution in [0.5, 0.6) is 0 Å². The quantitative estimate of drug-likeness (QED) is 0.762. The average molecular weight is 226 g/mol. The summed E-state index contributed by atoms with van der Waals surface area (Å²) < 4.78 is 0. The van der Waals surface area contributed by atoms with Gasteiger partial charge in [-0.1, -0.05) is 26.7 Å². The third kappa shape index (κ3) is 2.58. The number of piperazine rings is 3. The molecule has 3 rings (SSSR count). The van der Waals surface area contributed by atoms with Crippen molar-refractivity contribution in [1.29, 1.82) is 0 Å². The Bertz CT molecular complexity index is 210. The van der Waals surface area contributed by atoms with Gasteiger partial charge in [0.15, 0.2) is 0 Å². The van der Waals surface area contributed by atoms with E-state index in [-0.39, 0.29) is 6.10 Å². The van der Waals surface area contributed by atoms with Crippen molar-refractivity contribution in [1.82, 2.24) is 9.80 Å². The predicted molar refractivity (Wildman–Crippen MR) is 66.5 cm³/mol. The van der Waals surface area contributed by atoms with Gasteiger partial charge in [-0.15, -0.1) is 0 Å². The van der Waals surface area contributed by atoms with E-state index in [9.17, 15) is 5.11 Å². The highest BCUT2D eigenvalue weighted by molar-refractivity contribution is 4.92.